The van der Waals surface area contributed by atoms with Gasteiger partial charge in [0.05, 0.1) is 23.5 Å². The van der Waals surface area contributed by atoms with Crippen LogP contribution in [0.25, 0.3) is 0 Å². The fraction of sp³-hybridized carbons (Fsp3) is 0.500. The van der Waals surface area contributed by atoms with Crippen molar-refractivity contribution < 1.29 is 0 Å². The highest BCUT2D eigenvalue weighted by Crippen LogP contribution is 2.40. The largest absolute Gasteiger partial charge is 0.371 e. The van der Waals surface area contributed by atoms with Gasteiger partial charge in [0.2, 0.25) is 0 Å². The van der Waals surface area contributed by atoms with E-state index in [1.807, 2.05) is 12.1 Å². The van der Waals surface area contributed by atoms with Crippen molar-refractivity contribution in [1.29, 1.82) is 0 Å². The van der Waals surface area contributed by atoms with Gasteiger partial charge in [0.25, 0.3) is 0 Å². The first kappa shape index (κ1) is 22.7. The smallest absolute Gasteiger partial charge is 0.145 e. The molecule has 33 heavy (non-hydrogen) atoms. The third kappa shape index (κ3) is 4.90. The van der Waals surface area contributed by atoms with Crippen molar-refractivity contribution in [2.75, 3.05) is 50.6 Å². The third-order valence-corrected chi connectivity index (χ3v) is 7.61. The van der Waals surface area contributed by atoms with Crippen LogP contribution in [0.15, 0.2) is 53.5 Å². The normalized spacial score (nSPS) is 23.0. The molecule has 2 aromatic rings. The average molecular weight is 467 g/mol. The number of anilines is 2. The topological polar surface area (TPSA) is 46.1 Å². The van der Waals surface area contributed by atoms with E-state index in [2.05, 4.69) is 76.0 Å². The summed E-state index contributed by atoms with van der Waals surface area (Å²) in [7, 11) is 4.42. The Morgan fingerprint density at radius 2 is 1.64 bits per heavy atom. The zero-order valence-corrected chi connectivity index (χ0v) is 20.5. The first-order valence-electron chi connectivity index (χ1n) is 12.1. The lowest BCUT2D eigenvalue weighted by atomic mass is 9.83. The van der Waals surface area contributed by atoms with E-state index in [1.54, 1.807) is 0 Å². The lowest BCUT2D eigenvalue weighted by molar-refractivity contribution is 0.228. The quantitative estimate of drug-likeness (QED) is 0.705. The zero-order chi connectivity index (χ0) is 22.8. The van der Waals surface area contributed by atoms with Crippen molar-refractivity contribution in [3.63, 3.8) is 0 Å². The minimum atomic E-state index is -0.175. The number of halogens is 1. The molecule has 7 heteroatoms. The van der Waals surface area contributed by atoms with Crippen molar-refractivity contribution in [1.82, 2.24) is 15.2 Å². The van der Waals surface area contributed by atoms with Gasteiger partial charge >= 0.3 is 0 Å². The molecular formula is C26H35ClN6. The molecule has 3 aliphatic rings. The highest BCUT2D eigenvalue weighted by atomic mass is 35.5. The van der Waals surface area contributed by atoms with E-state index < -0.39 is 0 Å². The summed E-state index contributed by atoms with van der Waals surface area (Å²) < 4.78 is 0. The summed E-state index contributed by atoms with van der Waals surface area (Å²) in [5, 5.41) is 7.02. The van der Waals surface area contributed by atoms with Gasteiger partial charge in [-0.15, -0.1) is 0 Å². The molecule has 0 unspecified atom stereocenters. The number of nitrogens with one attached hydrogen (secondary N) is 2. The second kappa shape index (κ2) is 9.63. The van der Waals surface area contributed by atoms with E-state index in [0.717, 1.165) is 68.4 Å². The van der Waals surface area contributed by atoms with Crippen molar-refractivity contribution >= 4 is 28.8 Å². The van der Waals surface area contributed by atoms with Crippen LogP contribution in [0, 0.1) is 0 Å². The number of hydrazine groups is 1. The van der Waals surface area contributed by atoms with Crippen LogP contribution in [0.3, 0.4) is 0 Å². The Balaban J connectivity index is 1.52. The molecule has 5 rings (SSSR count). The molecule has 1 spiro atoms. The standard InChI is InChI=1S/C26H35ClN6/c1-31-15-11-22(12-16-31)30-33-24-6-4-3-5-23(24)29-26(13-17-32(2)18-14-26)25(33)28-19-20-7-9-21(27)10-8-20/h3-10,22,29-30H,11-19H2,1-2H3/b28-25+. The Hall–Kier alpha value is -2.12. The maximum absolute atomic E-state index is 6.12. The highest BCUT2D eigenvalue weighted by molar-refractivity contribution is 6.30. The van der Waals surface area contributed by atoms with E-state index >= 15 is 0 Å². The minimum Gasteiger partial charge on any atom is -0.371 e. The summed E-state index contributed by atoms with van der Waals surface area (Å²) in [5.41, 5.74) is 7.26. The number of amidine groups is 1. The van der Waals surface area contributed by atoms with Gasteiger partial charge in [0.1, 0.15) is 5.84 Å². The molecule has 0 amide bonds. The van der Waals surface area contributed by atoms with Crippen molar-refractivity contribution in [3.8, 4) is 0 Å². The molecule has 0 bridgehead atoms. The van der Waals surface area contributed by atoms with Crippen LogP contribution in [0.1, 0.15) is 31.2 Å². The number of fused-ring (bicyclic) bond motifs is 1. The lowest BCUT2D eigenvalue weighted by Crippen LogP contribution is -2.66. The van der Waals surface area contributed by atoms with E-state index in [9.17, 15) is 0 Å². The number of likely N-dealkylation sites (tertiary alicyclic amines) is 2. The molecule has 2 saturated heterocycles. The Bertz CT molecular complexity index is 975. The van der Waals surface area contributed by atoms with Crippen molar-refractivity contribution in [3.05, 3.63) is 59.1 Å². The number of aliphatic imine (C=N–C) groups is 1. The maximum Gasteiger partial charge on any atom is 0.145 e. The number of rotatable bonds is 4. The lowest BCUT2D eigenvalue weighted by Gasteiger charge is -2.50. The third-order valence-electron chi connectivity index (χ3n) is 7.35. The second-order valence-electron chi connectivity index (χ2n) is 9.84. The number of hydrogen-bond acceptors (Lipinski definition) is 5. The summed E-state index contributed by atoms with van der Waals surface area (Å²) in [6.07, 6.45) is 4.34. The molecule has 2 aromatic carbocycles. The summed E-state index contributed by atoms with van der Waals surface area (Å²) in [6.45, 7) is 4.99. The number of benzene rings is 2. The number of nitrogens with zero attached hydrogens (tertiary/aromatic N) is 4. The van der Waals surface area contributed by atoms with Crippen LogP contribution in [-0.4, -0.2) is 67.5 Å². The van der Waals surface area contributed by atoms with Crippen LogP contribution >= 0.6 is 11.6 Å². The first-order valence-corrected chi connectivity index (χ1v) is 12.5. The minimum absolute atomic E-state index is 0.175. The summed E-state index contributed by atoms with van der Waals surface area (Å²) in [5.74, 6) is 1.11. The van der Waals surface area contributed by atoms with Crippen LogP contribution in [0.2, 0.25) is 5.02 Å². The molecule has 2 N–H and O–H groups in total. The Kier molecular flexibility index (Phi) is 6.61. The molecule has 0 aromatic heterocycles. The fourth-order valence-corrected chi connectivity index (χ4v) is 5.32. The van der Waals surface area contributed by atoms with Crippen molar-refractivity contribution in [2.24, 2.45) is 4.99 Å². The Labute approximate surface area is 202 Å². The molecule has 6 nitrogen and oxygen atoms in total. The summed E-state index contributed by atoms with van der Waals surface area (Å²) in [4.78, 5) is 10.1. The van der Waals surface area contributed by atoms with Crippen LogP contribution in [0.4, 0.5) is 11.4 Å². The van der Waals surface area contributed by atoms with Gasteiger partial charge in [-0.25, -0.2) is 5.43 Å². The molecule has 3 heterocycles. The Morgan fingerprint density at radius 3 is 2.36 bits per heavy atom. The van der Waals surface area contributed by atoms with E-state index in [1.165, 1.54) is 11.3 Å². The molecule has 3 aliphatic heterocycles. The van der Waals surface area contributed by atoms with Gasteiger partial charge in [-0.1, -0.05) is 35.9 Å². The molecule has 2 fully saturated rings. The first-order chi connectivity index (χ1) is 16.0. The number of piperidine rings is 2. The molecule has 176 valence electrons. The molecule has 0 aliphatic carbocycles. The summed E-state index contributed by atoms with van der Waals surface area (Å²) in [6, 6.07) is 17.1. The van der Waals surface area contributed by atoms with Gasteiger partial charge in [0, 0.05) is 24.2 Å². The highest BCUT2D eigenvalue weighted by Gasteiger charge is 2.46. The fourth-order valence-electron chi connectivity index (χ4n) is 5.19. The second-order valence-corrected chi connectivity index (χ2v) is 10.3. The molecule has 0 saturated carbocycles. The van der Waals surface area contributed by atoms with Crippen LogP contribution in [0.5, 0.6) is 0 Å². The van der Waals surface area contributed by atoms with Gasteiger partial charge in [-0.3, -0.25) is 10.0 Å². The average Bonchev–Trinajstić information content (AvgIpc) is 2.83. The SMILES string of the molecule is CN1CCC(NN2/C(=N/Cc3ccc(Cl)cc3)C3(CCN(C)CC3)Nc3ccccc32)CC1. The molecular weight excluding hydrogens is 432 g/mol. The molecule has 0 atom stereocenters. The predicted octanol–water partition coefficient (Wildman–Crippen LogP) is 4.23. The van der Waals surface area contributed by atoms with E-state index in [4.69, 9.17) is 16.6 Å². The van der Waals surface area contributed by atoms with E-state index in [-0.39, 0.29) is 5.54 Å². The number of para-hydroxylation sites is 2. The van der Waals surface area contributed by atoms with Crippen molar-refractivity contribution in [2.45, 2.75) is 43.8 Å². The summed E-state index contributed by atoms with van der Waals surface area (Å²) >= 11 is 6.12. The number of hydrogen-bond donors (Lipinski definition) is 2. The zero-order valence-electron chi connectivity index (χ0n) is 19.7. The monoisotopic (exact) mass is 466 g/mol. The van der Waals surface area contributed by atoms with Gasteiger partial charge in [0.15, 0.2) is 0 Å². The van der Waals surface area contributed by atoms with Crippen LogP contribution in [-0.2, 0) is 6.54 Å². The molecule has 0 radical (unpaired) electrons. The predicted molar refractivity (Wildman–Crippen MR) is 138 cm³/mol. The van der Waals surface area contributed by atoms with E-state index in [0.29, 0.717) is 12.6 Å². The van der Waals surface area contributed by atoms with Gasteiger partial charge in [-0.05, 0) is 82.7 Å². The van der Waals surface area contributed by atoms with Crippen LogP contribution < -0.4 is 15.8 Å². The maximum atomic E-state index is 6.12. The Morgan fingerprint density at radius 1 is 0.970 bits per heavy atom. The van der Waals surface area contributed by atoms with Gasteiger partial charge < -0.3 is 15.1 Å². The van der Waals surface area contributed by atoms with Gasteiger partial charge in [-0.2, -0.15) is 0 Å².